The van der Waals surface area contributed by atoms with Crippen molar-refractivity contribution in [3.8, 4) is 0 Å². The fourth-order valence-corrected chi connectivity index (χ4v) is 3.55. The van der Waals surface area contributed by atoms with Gasteiger partial charge in [-0.15, -0.1) is 0 Å². The summed E-state index contributed by atoms with van der Waals surface area (Å²) in [4.78, 5) is 23.1. The molecule has 1 saturated carbocycles. The Morgan fingerprint density at radius 3 is 2.44 bits per heavy atom. The summed E-state index contributed by atoms with van der Waals surface area (Å²) in [6, 6.07) is 10.2. The van der Waals surface area contributed by atoms with E-state index in [-0.39, 0.29) is 11.9 Å². The molecule has 1 aliphatic carbocycles. The van der Waals surface area contributed by atoms with Crippen LogP contribution in [0.5, 0.6) is 0 Å². The predicted molar refractivity (Wildman–Crippen MR) is 110 cm³/mol. The molecule has 1 fully saturated rings. The van der Waals surface area contributed by atoms with Crippen LogP contribution in [0.2, 0.25) is 0 Å². The number of hydrogen-bond donors (Lipinski definition) is 2. The van der Waals surface area contributed by atoms with Gasteiger partial charge in [0, 0.05) is 36.6 Å². The lowest BCUT2D eigenvalue weighted by Gasteiger charge is -2.22. The fourth-order valence-electron chi connectivity index (χ4n) is 3.55. The zero-order valence-corrected chi connectivity index (χ0v) is 16.2. The normalized spacial score (nSPS) is 14.6. The maximum atomic E-state index is 12.5. The summed E-state index contributed by atoms with van der Waals surface area (Å²) in [5, 5.41) is 6.35. The van der Waals surface area contributed by atoms with Crippen LogP contribution in [0.4, 0.5) is 17.2 Å². The first-order valence-corrected chi connectivity index (χ1v) is 9.94. The lowest BCUT2D eigenvalue weighted by Crippen LogP contribution is -2.36. The Bertz CT molecular complexity index is 736. The zero-order chi connectivity index (χ0) is 19.1. The van der Waals surface area contributed by atoms with E-state index in [1.807, 2.05) is 12.1 Å². The summed E-state index contributed by atoms with van der Waals surface area (Å²) in [7, 11) is 0. The maximum Gasteiger partial charge on any atom is 0.270 e. The molecule has 1 amide bonds. The number of carbonyl (C=O) groups excluding carboxylic acids is 1. The van der Waals surface area contributed by atoms with Crippen molar-refractivity contribution in [2.24, 2.45) is 0 Å². The Balaban J connectivity index is 1.64. The number of anilines is 3. The molecule has 0 aliphatic heterocycles. The van der Waals surface area contributed by atoms with Crippen LogP contribution < -0.4 is 15.5 Å². The van der Waals surface area contributed by atoms with Crippen molar-refractivity contribution in [2.45, 2.75) is 52.0 Å². The standard InChI is InChI=1S/C21H29N5O/c1-3-26(4-2)18-12-10-17(11-13-18)24-20-14-19(22-15-23-20)21(27)25-16-8-6-5-7-9-16/h10-16H,3-9H2,1-2H3,(H,25,27)(H,22,23,24). The SMILES string of the molecule is CCN(CC)c1ccc(Nc2cc(C(=O)NC3CCCCC3)ncn2)cc1. The molecule has 2 N–H and O–H groups in total. The molecule has 1 heterocycles. The summed E-state index contributed by atoms with van der Waals surface area (Å²) < 4.78 is 0. The second-order valence-corrected chi connectivity index (χ2v) is 6.94. The Hall–Kier alpha value is -2.63. The average molecular weight is 367 g/mol. The number of benzene rings is 1. The van der Waals surface area contributed by atoms with Gasteiger partial charge in [0.15, 0.2) is 0 Å². The number of aromatic nitrogens is 2. The van der Waals surface area contributed by atoms with E-state index in [2.05, 4.69) is 51.5 Å². The lowest BCUT2D eigenvalue weighted by molar-refractivity contribution is 0.0922. The maximum absolute atomic E-state index is 12.5. The van der Waals surface area contributed by atoms with Crippen molar-refractivity contribution in [1.29, 1.82) is 0 Å². The second kappa shape index (κ2) is 9.35. The third kappa shape index (κ3) is 5.18. The summed E-state index contributed by atoms with van der Waals surface area (Å²) in [5.74, 6) is 0.499. The molecule has 144 valence electrons. The predicted octanol–water partition coefficient (Wildman–Crippen LogP) is 4.13. The van der Waals surface area contributed by atoms with Gasteiger partial charge < -0.3 is 15.5 Å². The Labute approximate surface area is 161 Å². The van der Waals surface area contributed by atoms with Gasteiger partial charge in [0.05, 0.1) is 0 Å². The van der Waals surface area contributed by atoms with Crippen molar-refractivity contribution in [1.82, 2.24) is 15.3 Å². The van der Waals surface area contributed by atoms with E-state index < -0.39 is 0 Å². The van der Waals surface area contributed by atoms with Crippen LogP contribution in [0, 0.1) is 0 Å². The summed E-state index contributed by atoms with van der Waals surface area (Å²) in [5.41, 5.74) is 2.53. The van der Waals surface area contributed by atoms with Gasteiger partial charge in [-0.05, 0) is 51.0 Å². The molecule has 6 nitrogen and oxygen atoms in total. The third-order valence-electron chi connectivity index (χ3n) is 5.11. The molecule has 27 heavy (non-hydrogen) atoms. The summed E-state index contributed by atoms with van der Waals surface area (Å²) in [6.45, 7) is 6.26. The smallest absolute Gasteiger partial charge is 0.270 e. The summed E-state index contributed by atoms with van der Waals surface area (Å²) >= 11 is 0. The molecule has 0 radical (unpaired) electrons. The van der Waals surface area contributed by atoms with Crippen molar-refractivity contribution < 1.29 is 4.79 Å². The van der Waals surface area contributed by atoms with Crippen LogP contribution >= 0.6 is 0 Å². The van der Waals surface area contributed by atoms with Gasteiger partial charge in [0.2, 0.25) is 0 Å². The first-order chi connectivity index (χ1) is 13.2. The number of nitrogens with zero attached hydrogens (tertiary/aromatic N) is 3. The number of rotatable bonds is 7. The van der Waals surface area contributed by atoms with Crippen LogP contribution in [0.15, 0.2) is 36.7 Å². The molecule has 6 heteroatoms. The molecular formula is C21H29N5O. The van der Waals surface area contributed by atoms with Gasteiger partial charge in [-0.25, -0.2) is 9.97 Å². The molecular weight excluding hydrogens is 338 g/mol. The first kappa shape index (κ1) is 19.1. The van der Waals surface area contributed by atoms with Gasteiger partial charge in [0.1, 0.15) is 17.8 Å². The second-order valence-electron chi connectivity index (χ2n) is 6.94. The largest absolute Gasteiger partial charge is 0.372 e. The van der Waals surface area contributed by atoms with Crippen LogP contribution in [0.25, 0.3) is 0 Å². The minimum atomic E-state index is -0.121. The Morgan fingerprint density at radius 2 is 1.78 bits per heavy atom. The number of hydrogen-bond acceptors (Lipinski definition) is 5. The van der Waals surface area contributed by atoms with E-state index in [0.29, 0.717) is 11.5 Å². The van der Waals surface area contributed by atoms with E-state index in [0.717, 1.165) is 31.6 Å². The number of nitrogens with one attached hydrogen (secondary N) is 2. The van der Waals surface area contributed by atoms with Crippen molar-refractivity contribution in [3.63, 3.8) is 0 Å². The molecule has 0 saturated heterocycles. The van der Waals surface area contributed by atoms with Gasteiger partial charge in [-0.1, -0.05) is 19.3 Å². The van der Waals surface area contributed by atoms with Gasteiger partial charge in [0.25, 0.3) is 5.91 Å². The minimum Gasteiger partial charge on any atom is -0.372 e. The highest BCUT2D eigenvalue weighted by atomic mass is 16.1. The molecule has 0 atom stereocenters. The molecule has 0 spiro atoms. The van der Waals surface area contributed by atoms with E-state index in [1.165, 1.54) is 31.3 Å². The fraction of sp³-hybridized carbons (Fsp3) is 0.476. The van der Waals surface area contributed by atoms with Crippen LogP contribution in [0.1, 0.15) is 56.4 Å². The molecule has 0 unspecified atom stereocenters. The molecule has 1 aromatic carbocycles. The molecule has 1 aromatic heterocycles. The highest BCUT2D eigenvalue weighted by molar-refractivity contribution is 5.93. The topological polar surface area (TPSA) is 70.2 Å². The van der Waals surface area contributed by atoms with Crippen LogP contribution in [-0.4, -0.2) is 35.0 Å². The average Bonchev–Trinajstić information content (AvgIpc) is 2.71. The summed E-state index contributed by atoms with van der Waals surface area (Å²) in [6.07, 6.45) is 7.18. The van der Waals surface area contributed by atoms with Gasteiger partial charge >= 0.3 is 0 Å². The lowest BCUT2D eigenvalue weighted by atomic mass is 9.95. The number of carbonyl (C=O) groups is 1. The van der Waals surface area contributed by atoms with Crippen LogP contribution in [-0.2, 0) is 0 Å². The number of amides is 1. The van der Waals surface area contributed by atoms with Crippen molar-refractivity contribution >= 4 is 23.1 Å². The molecule has 3 rings (SSSR count). The van der Waals surface area contributed by atoms with E-state index in [4.69, 9.17) is 0 Å². The molecule has 2 aromatic rings. The molecule has 1 aliphatic rings. The monoisotopic (exact) mass is 367 g/mol. The Morgan fingerprint density at radius 1 is 1.07 bits per heavy atom. The van der Waals surface area contributed by atoms with Crippen molar-refractivity contribution in [3.05, 3.63) is 42.4 Å². The quantitative estimate of drug-likeness (QED) is 0.770. The highest BCUT2D eigenvalue weighted by Crippen LogP contribution is 2.21. The first-order valence-electron chi connectivity index (χ1n) is 9.94. The highest BCUT2D eigenvalue weighted by Gasteiger charge is 2.17. The van der Waals surface area contributed by atoms with E-state index >= 15 is 0 Å². The minimum absolute atomic E-state index is 0.121. The third-order valence-corrected chi connectivity index (χ3v) is 5.11. The van der Waals surface area contributed by atoms with Gasteiger partial charge in [-0.2, -0.15) is 0 Å². The van der Waals surface area contributed by atoms with Crippen molar-refractivity contribution in [2.75, 3.05) is 23.3 Å². The van der Waals surface area contributed by atoms with E-state index in [9.17, 15) is 4.79 Å². The van der Waals surface area contributed by atoms with Gasteiger partial charge in [-0.3, -0.25) is 4.79 Å². The van der Waals surface area contributed by atoms with Crippen LogP contribution in [0.3, 0.4) is 0 Å². The Kier molecular flexibility index (Phi) is 6.63. The zero-order valence-electron chi connectivity index (χ0n) is 16.2. The molecule has 0 bridgehead atoms. The van der Waals surface area contributed by atoms with E-state index in [1.54, 1.807) is 6.07 Å².